The molecular weight excluding hydrogens is 389 g/mol. The average molecular weight is 404 g/mol. The van der Waals surface area contributed by atoms with Crippen molar-refractivity contribution in [3.63, 3.8) is 0 Å². The van der Waals surface area contributed by atoms with Crippen molar-refractivity contribution < 1.29 is 22.8 Å². The number of nitrogens with zero attached hydrogens (tertiary/aromatic N) is 2. The van der Waals surface area contributed by atoms with Gasteiger partial charge in [0.05, 0.1) is 5.56 Å². The van der Waals surface area contributed by atoms with Gasteiger partial charge in [-0.25, -0.2) is 0 Å². The van der Waals surface area contributed by atoms with Crippen LogP contribution in [0.1, 0.15) is 22.7 Å². The Balaban J connectivity index is 1.73. The molecule has 0 saturated carbocycles. The smallest absolute Gasteiger partial charge is 0.343 e. The molecule has 2 aromatic carbocycles. The van der Waals surface area contributed by atoms with E-state index in [-0.39, 0.29) is 10.4 Å². The Morgan fingerprint density at radius 3 is 2.32 bits per heavy atom. The van der Waals surface area contributed by atoms with E-state index in [1.807, 2.05) is 28.8 Å². The number of fused-ring (bicyclic) bond motifs is 1. The number of benzene rings is 2. The molecule has 0 aliphatic carbocycles. The van der Waals surface area contributed by atoms with Crippen LogP contribution in [-0.2, 0) is 17.5 Å². The number of amides is 1. The maximum atomic E-state index is 12.8. The van der Waals surface area contributed by atoms with Crippen molar-refractivity contribution in [3.8, 4) is 0 Å². The summed E-state index contributed by atoms with van der Waals surface area (Å²) in [6.07, 6.45) is -2.57. The highest BCUT2D eigenvalue weighted by Gasteiger charge is 2.39. The van der Waals surface area contributed by atoms with E-state index in [0.29, 0.717) is 29.4 Å². The second-order valence-electron chi connectivity index (χ2n) is 6.62. The van der Waals surface area contributed by atoms with Crippen LogP contribution in [0.15, 0.2) is 54.7 Å². The van der Waals surface area contributed by atoms with Crippen molar-refractivity contribution in [3.05, 3.63) is 71.4 Å². The molecule has 8 heteroatoms. The molecule has 1 unspecified atom stereocenters. The monoisotopic (exact) mass is 404 g/mol. The second-order valence-corrected chi connectivity index (χ2v) is 7.58. The molecule has 3 aromatic rings. The molecule has 0 bridgehead atoms. The Kier molecular flexibility index (Phi) is 4.45. The summed E-state index contributed by atoms with van der Waals surface area (Å²) in [7, 11) is 1.59. The van der Waals surface area contributed by atoms with E-state index in [2.05, 4.69) is 0 Å². The summed E-state index contributed by atoms with van der Waals surface area (Å²) >= 11 is 0.689. The zero-order valence-corrected chi connectivity index (χ0v) is 15.6. The fourth-order valence-electron chi connectivity index (χ4n) is 3.43. The molecule has 144 valence electrons. The highest BCUT2D eigenvalue weighted by molar-refractivity contribution is 8.26. The minimum absolute atomic E-state index is 0.232. The molecule has 1 amide bonds. The third-order valence-electron chi connectivity index (χ3n) is 4.83. The Labute approximate surface area is 162 Å². The van der Waals surface area contributed by atoms with Gasteiger partial charge in [0.1, 0.15) is 6.04 Å². The molecule has 2 heterocycles. The molecule has 1 aromatic heterocycles. The lowest BCUT2D eigenvalue weighted by Crippen LogP contribution is -2.23. The van der Waals surface area contributed by atoms with Crippen molar-refractivity contribution in [1.29, 1.82) is 0 Å². The SMILES string of the molecule is CN1C(=O)SC(=O)C1c1cn(Cc2ccc(C(F)(F)F)cc2)c2ccccc12. The van der Waals surface area contributed by atoms with Gasteiger partial charge in [-0.3, -0.25) is 9.59 Å². The summed E-state index contributed by atoms with van der Waals surface area (Å²) in [5.74, 6) is 0. The van der Waals surface area contributed by atoms with E-state index in [4.69, 9.17) is 0 Å². The summed E-state index contributed by atoms with van der Waals surface area (Å²) < 4.78 is 40.2. The standard InChI is InChI=1S/C20H15F3N2O2S/c1-24-17(18(26)28-19(24)27)15-11-25(16-5-3-2-4-14(15)16)10-12-6-8-13(9-7-12)20(21,22)23/h2-9,11,17H,10H2,1H3. The Bertz CT molecular complexity index is 1070. The number of rotatable bonds is 3. The third kappa shape index (κ3) is 3.17. The molecule has 28 heavy (non-hydrogen) atoms. The van der Waals surface area contributed by atoms with Crippen molar-refractivity contribution >= 4 is 33.0 Å². The second kappa shape index (κ2) is 6.70. The zero-order chi connectivity index (χ0) is 20.1. The van der Waals surface area contributed by atoms with Gasteiger partial charge in [0.25, 0.3) is 5.24 Å². The molecule has 0 spiro atoms. The van der Waals surface area contributed by atoms with E-state index < -0.39 is 17.8 Å². The van der Waals surface area contributed by atoms with Crippen molar-refractivity contribution in [2.45, 2.75) is 18.8 Å². The highest BCUT2D eigenvalue weighted by Crippen LogP contribution is 2.39. The summed E-state index contributed by atoms with van der Waals surface area (Å²) in [6, 6.07) is 11.8. The van der Waals surface area contributed by atoms with Crippen LogP contribution < -0.4 is 0 Å². The minimum Gasteiger partial charge on any atom is -0.343 e. The van der Waals surface area contributed by atoms with Crippen LogP contribution in [-0.4, -0.2) is 26.9 Å². The lowest BCUT2D eigenvalue weighted by Gasteiger charge is -2.16. The number of thioether (sulfide) groups is 1. The number of para-hydroxylation sites is 1. The summed E-state index contributed by atoms with van der Waals surface area (Å²) in [6.45, 7) is 0.352. The van der Waals surface area contributed by atoms with Crippen LogP contribution in [0.25, 0.3) is 10.9 Å². The van der Waals surface area contributed by atoms with Gasteiger partial charge in [0, 0.05) is 48.0 Å². The molecular formula is C20H15F3N2O2S. The quantitative estimate of drug-likeness (QED) is 0.612. The van der Waals surface area contributed by atoms with Crippen molar-refractivity contribution in [2.75, 3.05) is 7.05 Å². The predicted octanol–water partition coefficient (Wildman–Crippen LogP) is 5.07. The molecule has 1 saturated heterocycles. The Morgan fingerprint density at radius 2 is 1.71 bits per heavy atom. The number of hydrogen-bond donors (Lipinski definition) is 0. The first kappa shape index (κ1) is 18.6. The molecule has 0 N–H and O–H groups in total. The first-order valence-electron chi connectivity index (χ1n) is 8.48. The van der Waals surface area contributed by atoms with E-state index in [0.717, 1.165) is 23.0 Å². The molecule has 1 fully saturated rings. The van der Waals surface area contributed by atoms with Gasteiger partial charge in [-0.2, -0.15) is 13.2 Å². The van der Waals surface area contributed by atoms with Crippen LogP contribution in [0.3, 0.4) is 0 Å². The van der Waals surface area contributed by atoms with Gasteiger partial charge in [-0.1, -0.05) is 30.3 Å². The number of carbonyl (C=O) groups excluding carboxylic acids is 2. The van der Waals surface area contributed by atoms with E-state index in [9.17, 15) is 22.8 Å². The molecule has 4 rings (SSSR count). The number of likely N-dealkylation sites (N-methyl/N-ethyl adjacent to an activating group) is 1. The maximum Gasteiger partial charge on any atom is 0.416 e. The summed E-state index contributed by atoms with van der Waals surface area (Å²) in [4.78, 5) is 25.6. The number of hydrogen-bond acceptors (Lipinski definition) is 3. The molecule has 0 radical (unpaired) electrons. The van der Waals surface area contributed by atoms with Gasteiger partial charge in [-0.15, -0.1) is 0 Å². The number of carbonyl (C=O) groups is 2. The van der Waals surface area contributed by atoms with E-state index >= 15 is 0 Å². The van der Waals surface area contributed by atoms with E-state index in [1.165, 1.54) is 17.0 Å². The fraction of sp³-hybridized carbons (Fsp3) is 0.200. The minimum atomic E-state index is -4.37. The number of aromatic nitrogens is 1. The van der Waals surface area contributed by atoms with E-state index in [1.54, 1.807) is 13.2 Å². The summed E-state index contributed by atoms with van der Waals surface area (Å²) in [5, 5.41) is 0.314. The van der Waals surface area contributed by atoms with Gasteiger partial charge in [-0.05, 0) is 23.8 Å². The molecule has 4 nitrogen and oxygen atoms in total. The number of halogens is 3. The largest absolute Gasteiger partial charge is 0.416 e. The normalized spacial score (nSPS) is 17.7. The first-order chi connectivity index (χ1) is 13.3. The van der Waals surface area contributed by atoms with Crippen LogP contribution >= 0.6 is 11.8 Å². The van der Waals surface area contributed by atoms with Gasteiger partial charge in [0.2, 0.25) is 5.12 Å². The lowest BCUT2D eigenvalue weighted by atomic mass is 10.1. The predicted molar refractivity (Wildman–Crippen MR) is 101 cm³/mol. The Hall–Kier alpha value is -2.74. The highest BCUT2D eigenvalue weighted by atomic mass is 32.2. The van der Waals surface area contributed by atoms with Crippen LogP contribution in [0.2, 0.25) is 0 Å². The number of alkyl halides is 3. The maximum absolute atomic E-state index is 12.8. The third-order valence-corrected chi connectivity index (χ3v) is 5.72. The fourth-order valence-corrected chi connectivity index (χ4v) is 4.25. The van der Waals surface area contributed by atoms with Gasteiger partial charge < -0.3 is 9.47 Å². The average Bonchev–Trinajstić information content (AvgIpc) is 3.12. The molecule has 1 aliphatic rings. The zero-order valence-electron chi connectivity index (χ0n) is 14.7. The Morgan fingerprint density at radius 1 is 1.04 bits per heavy atom. The van der Waals surface area contributed by atoms with Crippen LogP contribution in [0.5, 0.6) is 0 Å². The van der Waals surface area contributed by atoms with Gasteiger partial charge >= 0.3 is 6.18 Å². The van der Waals surface area contributed by atoms with Crippen molar-refractivity contribution in [1.82, 2.24) is 9.47 Å². The molecule has 1 atom stereocenters. The first-order valence-corrected chi connectivity index (χ1v) is 9.30. The lowest BCUT2D eigenvalue weighted by molar-refractivity contribution is -0.137. The summed E-state index contributed by atoms with van der Waals surface area (Å²) in [5.41, 5.74) is 1.58. The van der Waals surface area contributed by atoms with Crippen molar-refractivity contribution in [2.24, 2.45) is 0 Å². The van der Waals surface area contributed by atoms with Gasteiger partial charge in [0.15, 0.2) is 0 Å². The molecule has 1 aliphatic heterocycles. The van der Waals surface area contributed by atoms with Crippen LogP contribution in [0, 0.1) is 0 Å². The van der Waals surface area contributed by atoms with Crippen LogP contribution in [0.4, 0.5) is 18.0 Å². The topological polar surface area (TPSA) is 42.3 Å².